The molecule has 1 saturated carbocycles. The number of ether oxygens (including phenoxy) is 1. The average Bonchev–Trinajstić information content (AvgIpc) is 3.28. The van der Waals surface area contributed by atoms with E-state index in [4.69, 9.17) is 4.74 Å². The Morgan fingerprint density at radius 3 is 2.59 bits per heavy atom. The zero-order valence-corrected chi connectivity index (χ0v) is 13.1. The van der Waals surface area contributed by atoms with Crippen LogP contribution in [0, 0.1) is 5.92 Å². The lowest BCUT2D eigenvalue weighted by Crippen LogP contribution is -2.26. The Bertz CT molecular complexity index is 495. The van der Waals surface area contributed by atoms with Gasteiger partial charge in [-0.15, -0.1) is 0 Å². The van der Waals surface area contributed by atoms with Gasteiger partial charge in [0, 0.05) is 32.4 Å². The first-order valence-electron chi connectivity index (χ1n) is 7.84. The lowest BCUT2D eigenvalue weighted by molar-refractivity contribution is -0.120. The Morgan fingerprint density at radius 1 is 1.23 bits per heavy atom. The molecule has 5 nitrogen and oxygen atoms in total. The van der Waals surface area contributed by atoms with Crippen LogP contribution in [0.2, 0.25) is 0 Å². The standard InChI is InChI=1S/C17H24N2O3/c1-13(20)19-16-7-5-14(6-8-16)11-17(21)18-9-2-10-22-12-15-3-4-15/h5-8,15H,2-4,9-12H2,1H3,(H,18,21)(H,19,20). The summed E-state index contributed by atoms with van der Waals surface area (Å²) in [6.07, 6.45) is 3.80. The zero-order valence-electron chi connectivity index (χ0n) is 13.1. The number of rotatable bonds is 9. The third-order valence-corrected chi connectivity index (χ3v) is 3.48. The van der Waals surface area contributed by atoms with Gasteiger partial charge in [-0.3, -0.25) is 9.59 Å². The number of hydrogen-bond donors (Lipinski definition) is 2. The van der Waals surface area contributed by atoms with Gasteiger partial charge in [0.25, 0.3) is 0 Å². The SMILES string of the molecule is CC(=O)Nc1ccc(CC(=O)NCCCOCC2CC2)cc1. The maximum absolute atomic E-state index is 11.8. The van der Waals surface area contributed by atoms with Gasteiger partial charge >= 0.3 is 0 Å². The molecule has 0 saturated heterocycles. The van der Waals surface area contributed by atoms with Crippen molar-refractivity contribution in [2.24, 2.45) is 5.92 Å². The molecule has 1 aliphatic carbocycles. The van der Waals surface area contributed by atoms with Gasteiger partial charge in [0.1, 0.15) is 0 Å². The van der Waals surface area contributed by atoms with E-state index in [1.165, 1.54) is 19.8 Å². The van der Waals surface area contributed by atoms with Crippen LogP contribution in [0.1, 0.15) is 31.7 Å². The van der Waals surface area contributed by atoms with E-state index in [1.807, 2.05) is 12.1 Å². The van der Waals surface area contributed by atoms with Crippen molar-refractivity contribution < 1.29 is 14.3 Å². The van der Waals surface area contributed by atoms with E-state index in [9.17, 15) is 9.59 Å². The molecule has 0 unspecified atom stereocenters. The molecule has 120 valence electrons. The fraction of sp³-hybridized carbons (Fsp3) is 0.529. The van der Waals surface area contributed by atoms with Crippen LogP contribution in [0.5, 0.6) is 0 Å². The molecular weight excluding hydrogens is 280 g/mol. The van der Waals surface area contributed by atoms with Crippen molar-refractivity contribution >= 4 is 17.5 Å². The number of amides is 2. The van der Waals surface area contributed by atoms with Crippen LogP contribution in [0.3, 0.4) is 0 Å². The highest BCUT2D eigenvalue weighted by molar-refractivity contribution is 5.88. The molecule has 0 spiro atoms. The van der Waals surface area contributed by atoms with Crippen molar-refractivity contribution in [2.45, 2.75) is 32.6 Å². The minimum atomic E-state index is -0.102. The summed E-state index contributed by atoms with van der Waals surface area (Å²) in [5, 5.41) is 5.59. The van der Waals surface area contributed by atoms with Gasteiger partial charge in [-0.05, 0) is 42.9 Å². The monoisotopic (exact) mass is 304 g/mol. The van der Waals surface area contributed by atoms with E-state index in [0.717, 1.165) is 30.2 Å². The molecule has 1 fully saturated rings. The molecule has 22 heavy (non-hydrogen) atoms. The van der Waals surface area contributed by atoms with Crippen LogP contribution in [0.15, 0.2) is 24.3 Å². The first-order valence-corrected chi connectivity index (χ1v) is 7.84. The lowest BCUT2D eigenvalue weighted by atomic mass is 10.1. The fourth-order valence-electron chi connectivity index (χ4n) is 2.09. The molecule has 0 radical (unpaired) electrons. The summed E-state index contributed by atoms with van der Waals surface area (Å²) in [5.41, 5.74) is 1.67. The Labute approximate surface area is 131 Å². The normalized spacial score (nSPS) is 13.7. The molecule has 0 heterocycles. The van der Waals surface area contributed by atoms with Crippen LogP contribution < -0.4 is 10.6 Å². The minimum absolute atomic E-state index is 0.00877. The van der Waals surface area contributed by atoms with Crippen LogP contribution in [-0.4, -0.2) is 31.6 Å². The second-order valence-electron chi connectivity index (χ2n) is 5.78. The molecular formula is C17H24N2O3. The molecule has 5 heteroatoms. The highest BCUT2D eigenvalue weighted by atomic mass is 16.5. The Kier molecular flexibility index (Phi) is 6.40. The van der Waals surface area contributed by atoms with Crippen molar-refractivity contribution in [3.63, 3.8) is 0 Å². The number of benzene rings is 1. The van der Waals surface area contributed by atoms with E-state index in [1.54, 1.807) is 12.1 Å². The summed E-state index contributed by atoms with van der Waals surface area (Å²) >= 11 is 0. The lowest BCUT2D eigenvalue weighted by Gasteiger charge is -2.07. The van der Waals surface area contributed by atoms with Gasteiger partial charge in [0.2, 0.25) is 11.8 Å². The van der Waals surface area contributed by atoms with Crippen LogP contribution >= 0.6 is 0 Å². The third-order valence-electron chi connectivity index (χ3n) is 3.48. The fourth-order valence-corrected chi connectivity index (χ4v) is 2.09. The van der Waals surface area contributed by atoms with Crippen molar-refractivity contribution in [2.75, 3.05) is 25.1 Å². The average molecular weight is 304 g/mol. The number of hydrogen-bond acceptors (Lipinski definition) is 3. The van der Waals surface area contributed by atoms with Crippen LogP contribution in [-0.2, 0) is 20.7 Å². The predicted molar refractivity (Wildman–Crippen MR) is 85.6 cm³/mol. The molecule has 2 amide bonds. The third kappa shape index (κ3) is 6.72. The van der Waals surface area contributed by atoms with Crippen LogP contribution in [0.25, 0.3) is 0 Å². The molecule has 2 N–H and O–H groups in total. The maximum Gasteiger partial charge on any atom is 0.224 e. The molecule has 1 aromatic carbocycles. The molecule has 1 aliphatic rings. The van der Waals surface area contributed by atoms with Gasteiger partial charge in [0.15, 0.2) is 0 Å². The number of nitrogens with one attached hydrogen (secondary N) is 2. The predicted octanol–water partition coefficient (Wildman–Crippen LogP) is 2.12. The second-order valence-corrected chi connectivity index (χ2v) is 5.78. The summed E-state index contributed by atoms with van der Waals surface area (Å²) in [6, 6.07) is 7.30. The van der Waals surface area contributed by atoms with E-state index >= 15 is 0 Å². The van der Waals surface area contributed by atoms with E-state index in [2.05, 4.69) is 10.6 Å². The molecule has 0 aromatic heterocycles. The first kappa shape index (κ1) is 16.5. The van der Waals surface area contributed by atoms with Gasteiger partial charge in [-0.1, -0.05) is 12.1 Å². The van der Waals surface area contributed by atoms with Gasteiger partial charge < -0.3 is 15.4 Å². The van der Waals surface area contributed by atoms with Crippen molar-refractivity contribution in [1.82, 2.24) is 5.32 Å². The second kappa shape index (κ2) is 8.54. The van der Waals surface area contributed by atoms with Crippen molar-refractivity contribution in [3.05, 3.63) is 29.8 Å². The number of carbonyl (C=O) groups is 2. The van der Waals surface area contributed by atoms with E-state index in [-0.39, 0.29) is 11.8 Å². The topological polar surface area (TPSA) is 67.4 Å². The first-order chi connectivity index (χ1) is 10.6. The summed E-state index contributed by atoms with van der Waals surface area (Å²) in [5.74, 6) is 0.693. The molecule has 1 aromatic rings. The summed E-state index contributed by atoms with van der Waals surface area (Å²) in [4.78, 5) is 22.7. The minimum Gasteiger partial charge on any atom is -0.381 e. The summed E-state index contributed by atoms with van der Waals surface area (Å²) < 4.78 is 5.52. The Morgan fingerprint density at radius 2 is 1.95 bits per heavy atom. The molecule has 2 rings (SSSR count). The highest BCUT2D eigenvalue weighted by Crippen LogP contribution is 2.28. The van der Waals surface area contributed by atoms with Gasteiger partial charge in [-0.2, -0.15) is 0 Å². The largest absolute Gasteiger partial charge is 0.381 e. The summed E-state index contributed by atoms with van der Waals surface area (Å²) in [6.45, 7) is 3.69. The van der Waals surface area contributed by atoms with E-state index < -0.39 is 0 Å². The smallest absolute Gasteiger partial charge is 0.224 e. The molecule has 0 aliphatic heterocycles. The Hall–Kier alpha value is -1.88. The van der Waals surface area contributed by atoms with Gasteiger partial charge in [0.05, 0.1) is 6.42 Å². The zero-order chi connectivity index (χ0) is 15.8. The summed E-state index contributed by atoms with van der Waals surface area (Å²) in [7, 11) is 0. The van der Waals surface area contributed by atoms with Crippen molar-refractivity contribution in [3.8, 4) is 0 Å². The Balaban J connectivity index is 1.58. The number of anilines is 1. The van der Waals surface area contributed by atoms with Crippen LogP contribution in [0.4, 0.5) is 5.69 Å². The maximum atomic E-state index is 11.8. The molecule has 0 atom stereocenters. The van der Waals surface area contributed by atoms with Crippen molar-refractivity contribution in [1.29, 1.82) is 0 Å². The molecule has 0 bridgehead atoms. The highest BCUT2D eigenvalue weighted by Gasteiger charge is 2.20. The van der Waals surface area contributed by atoms with E-state index in [0.29, 0.717) is 19.6 Å². The quantitative estimate of drug-likeness (QED) is 0.687. The van der Waals surface area contributed by atoms with Gasteiger partial charge in [-0.25, -0.2) is 0 Å². The number of carbonyl (C=O) groups excluding carboxylic acids is 2.